The van der Waals surface area contributed by atoms with E-state index in [9.17, 15) is 24.9 Å². The van der Waals surface area contributed by atoms with Crippen LogP contribution >= 0.6 is 0 Å². The minimum absolute atomic E-state index is 0.606. The number of nitriles is 1. The Bertz CT molecular complexity index is 291. The molecule has 0 saturated heterocycles. The summed E-state index contributed by atoms with van der Waals surface area (Å²) in [5, 5.41) is 34.4. The summed E-state index contributed by atoms with van der Waals surface area (Å²) < 4.78 is 0. The predicted octanol–water partition coefficient (Wildman–Crippen LogP) is -0.484. The molecule has 4 atom stereocenters. The van der Waals surface area contributed by atoms with Gasteiger partial charge in [-0.15, -0.1) is 0 Å². The van der Waals surface area contributed by atoms with Crippen molar-refractivity contribution in [2.75, 3.05) is 13.1 Å². The maximum Gasteiger partial charge on any atom is 0.138 e. The van der Waals surface area contributed by atoms with Gasteiger partial charge in [0.2, 0.25) is 0 Å². The molecule has 0 aliphatic rings. The highest BCUT2D eigenvalue weighted by Gasteiger charge is 2.35. The molecule has 0 fully saturated rings. The zero-order chi connectivity index (χ0) is 12.6. The van der Waals surface area contributed by atoms with Gasteiger partial charge in [0, 0.05) is 0 Å². The smallest absolute Gasteiger partial charge is 0.138 e. The number of rotatable bonds is 8. The first-order valence-corrected chi connectivity index (χ1v) is 4.28. The molecule has 0 heterocycles. The number of aliphatic hydroxyl groups is 2. The van der Waals surface area contributed by atoms with E-state index >= 15 is 0 Å². The molecule has 4 unspecified atom stereocenters. The minimum atomic E-state index is -1.57. The lowest BCUT2D eigenvalue weighted by Crippen LogP contribution is -2.40. The van der Waals surface area contributed by atoms with E-state index in [-0.39, 0.29) is 0 Å². The van der Waals surface area contributed by atoms with E-state index in [0.29, 0.717) is 0 Å². The third-order valence-electron chi connectivity index (χ3n) is 1.97. The van der Waals surface area contributed by atoms with Crippen LogP contribution in [0.1, 0.15) is 0 Å². The second kappa shape index (κ2) is 7.49. The Balaban J connectivity index is 4.74. The maximum absolute atomic E-state index is 10.4. The lowest BCUT2D eigenvalue weighted by atomic mass is 9.91. The van der Waals surface area contributed by atoms with Crippen LogP contribution in [0.5, 0.6) is 0 Å². The molecule has 0 aliphatic carbocycles. The van der Waals surface area contributed by atoms with Gasteiger partial charge >= 0.3 is 0 Å². The highest BCUT2D eigenvalue weighted by Crippen LogP contribution is 2.16. The van der Waals surface area contributed by atoms with Crippen LogP contribution in [-0.4, -0.2) is 41.6 Å². The fourth-order valence-electron chi connectivity index (χ4n) is 1.14. The quantitative estimate of drug-likeness (QED) is 0.536. The van der Waals surface area contributed by atoms with Crippen LogP contribution in [-0.2, 0) is 0 Å². The van der Waals surface area contributed by atoms with Crippen molar-refractivity contribution in [1.29, 1.82) is 5.26 Å². The van der Waals surface area contributed by atoms with Gasteiger partial charge in [0.15, 0.2) is 0 Å². The van der Waals surface area contributed by atoms with Gasteiger partial charge in [-0.3, -0.25) is 0 Å². The SMILES string of the molecule is N#CC(C(O)CN=O)C(N=O)C(O)CN=O. The van der Waals surface area contributed by atoms with Gasteiger partial charge in [-0.25, -0.2) is 0 Å². The first kappa shape index (κ1) is 14.2. The van der Waals surface area contributed by atoms with E-state index in [1.807, 2.05) is 0 Å². The summed E-state index contributed by atoms with van der Waals surface area (Å²) in [4.78, 5) is 30.2. The summed E-state index contributed by atoms with van der Waals surface area (Å²) >= 11 is 0. The van der Waals surface area contributed by atoms with Crippen molar-refractivity contribution in [1.82, 2.24) is 0 Å². The molecule has 88 valence electrons. The van der Waals surface area contributed by atoms with Crippen LogP contribution < -0.4 is 0 Å². The van der Waals surface area contributed by atoms with E-state index in [1.54, 1.807) is 0 Å². The molecule has 2 N–H and O–H groups in total. The third kappa shape index (κ3) is 3.76. The Kier molecular flexibility index (Phi) is 6.66. The average Bonchev–Trinajstić information content (AvgIpc) is 2.25. The molecule has 0 radical (unpaired) electrons. The molecule has 0 rings (SSSR count). The van der Waals surface area contributed by atoms with Crippen molar-refractivity contribution in [3.63, 3.8) is 0 Å². The average molecular weight is 230 g/mol. The molecule has 0 amide bonds. The zero-order valence-electron chi connectivity index (χ0n) is 8.13. The molecule has 0 aromatic carbocycles. The lowest BCUT2D eigenvalue weighted by molar-refractivity contribution is 0.0741. The summed E-state index contributed by atoms with van der Waals surface area (Å²) in [6.45, 7) is -1.23. The minimum Gasteiger partial charge on any atom is -0.390 e. The van der Waals surface area contributed by atoms with Crippen LogP contribution in [0, 0.1) is 32.0 Å². The molecule has 0 bridgehead atoms. The van der Waals surface area contributed by atoms with Crippen LogP contribution in [0.2, 0.25) is 0 Å². The van der Waals surface area contributed by atoms with E-state index in [2.05, 4.69) is 15.5 Å². The summed E-state index contributed by atoms with van der Waals surface area (Å²) in [6.07, 6.45) is -3.09. The van der Waals surface area contributed by atoms with Gasteiger partial charge in [-0.1, -0.05) is 15.5 Å². The van der Waals surface area contributed by atoms with Gasteiger partial charge in [-0.2, -0.15) is 20.0 Å². The number of nitroso groups, excluding NO2 is 3. The highest BCUT2D eigenvalue weighted by molar-refractivity contribution is 5.00. The monoisotopic (exact) mass is 230 g/mol. The van der Waals surface area contributed by atoms with Crippen molar-refractivity contribution in [2.45, 2.75) is 18.2 Å². The fourth-order valence-corrected chi connectivity index (χ4v) is 1.14. The van der Waals surface area contributed by atoms with E-state index in [1.165, 1.54) is 6.07 Å². The molecule has 0 aliphatic heterocycles. The molecule has 9 nitrogen and oxygen atoms in total. The normalized spacial score (nSPS) is 17.6. The Morgan fingerprint density at radius 3 is 1.94 bits per heavy atom. The summed E-state index contributed by atoms with van der Waals surface area (Å²) in [7, 11) is 0. The van der Waals surface area contributed by atoms with Gasteiger partial charge < -0.3 is 10.2 Å². The predicted molar refractivity (Wildman–Crippen MR) is 52.0 cm³/mol. The summed E-state index contributed by atoms with van der Waals surface area (Å²) in [6, 6.07) is 0.00233. The van der Waals surface area contributed by atoms with Crippen LogP contribution in [0.15, 0.2) is 15.5 Å². The molecular formula is C7H10N4O5. The van der Waals surface area contributed by atoms with Gasteiger partial charge in [0.25, 0.3) is 0 Å². The topological polar surface area (TPSA) is 153 Å². The molecule has 0 spiro atoms. The fraction of sp³-hybridized carbons (Fsp3) is 0.857. The Hall–Kier alpha value is -1.79. The lowest BCUT2D eigenvalue weighted by Gasteiger charge is -2.21. The van der Waals surface area contributed by atoms with Crippen molar-refractivity contribution in [3.05, 3.63) is 14.7 Å². The van der Waals surface area contributed by atoms with Crippen molar-refractivity contribution < 1.29 is 10.2 Å². The largest absolute Gasteiger partial charge is 0.390 e. The molecular weight excluding hydrogens is 220 g/mol. The zero-order valence-corrected chi connectivity index (χ0v) is 8.13. The number of nitrogens with zero attached hydrogens (tertiary/aromatic N) is 4. The molecule has 16 heavy (non-hydrogen) atoms. The van der Waals surface area contributed by atoms with E-state index in [0.717, 1.165) is 0 Å². The van der Waals surface area contributed by atoms with Gasteiger partial charge in [0.1, 0.15) is 31.2 Å². The number of aliphatic hydroxyl groups excluding tert-OH is 2. The molecule has 0 saturated carbocycles. The standard InChI is InChI=1S/C7H10N4O5/c8-1-4(5(12)2-9-14)7(11-16)6(13)3-10-15/h4-7,12-13H,2-3H2. The summed E-state index contributed by atoms with van der Waals surface area (Å²) in [5.74, 6) is -1.41. The molecule has 0 aromatic rings. The van der Waals surface area contributed by atoms with Crippen molar-refractivity contribution in [2.24, 2.45) is 21.4 Å². The van der Waals surface area contributed by atoms with Crippen molar-refractivity contribution in [3.8, 4) is 6.07 Å². The van der Waals surface area contributed by atoms with Crippen LogP contribution in [0.3, 0.4) is 0 Å². The van der Waals surface area contributed by atoms with Crippen molar-refractivity contribution >= 4 is 0 Å². The van der Waals surface area contributed by atoms with Crippen LogP contribution in [0.25, 0.3) is 0 Å². The first-order valence-electron chi connectivity index (χ1n) is 4.28. The molecule has 9 heteroatoms. The van der Waals surface area contributed by atoms with E-state index in [4.69, 9.17) is 5.26 Å². The second-order valence-corrected chi connectivity index (χ2v) is 3.01. The van der Waals surface area contributed by atoms with Gasteiger partial charge in [-0.05, 0) is 0 Å². The maximum atomic E-state index is 10.4. The Labute approximate surface area is 90.0 Å². The highest BCUT2D eigenvalue weighted by atomic mass is 16.3. The number of hydrogen-bond donors (Lipinski definition) is 2. The van der Waals surface area contributed by atoms with Crippen LogP contribution in [0.4, 0.5) is 0 Å². The first-order chi connectivity index (χ1) is 7.62. The Morgan fingerprint density at radius 1 is 1.06 bits per heavy atom. The third-order valence-corrected chi connectivity index (χ3v) is 1.97. The van der Waals surface area contributed by atoms with E-state index < -0.39 is 37.3 Å². The van der Waals surface area contributed by atoms with Gasteiger partial charge in [0.05, 0.1) is 12.2 Å². The summed E-state index contributed by atoms with van der Waals surface area (Å²) in [5.41, 5.74) is 0. The second-order valence-electron chi connectivity index (χ2n) is 3.01. The number of hydrogen-bond acceptors (Lipinski definition) is 9. The molecule has 0 aromatic heterocycles. The Morgan fingerprint density at radius 2 is 1.56 bits per heavy atom.